The average Bonchev–Trinajstić information content (AvgIpc) is 3.06. The van der Waals surface area contributed by atoms with Gasteiger partial charge in [0.25, 0.3) is 0 Å². The molecule has 3 aliphatic carbocycles. The van der Waals surface area contributed by atoms with Crippen molar-refractivity contribution in [2.75, 3.05) is 11.9 Å². The van der Waals surface area contributed by atoms with E-state index in [1.807, 2.05) is 37.4 Å². The Kier molecular flexibility index (Phi) is 3.50. The van der Waals surface area contributed by atoms with E-state index < -0.39 is 0 Å². The Hall–Kier alpha value is -2.47. The van der Waals surface area contributed by atoms with Crippen molar-refractivity contribution in [1.29, 1.82) is 0 Å². The number of nitrogens with zero attached hydrogens (tertiary/aromatic N) is 2. The molecule has 0 saturated heterocycles. The normalized spacial score (nSPS) is 23.2. The molecular weight excluding hydrogens is 346 g/mol. The molecule has 26 heavy (non-hydrogen) atoms. The lowest BCUT2D eigenvalue weighted by molar-refractivity contribution is -0.158. The van der Waals surface area contributed by atoms with Gasteiger partial charge in [-0.3, -0.25) is 9.78 Å². The van der Waals surface area contributed by atoms with Crippen molar-refractivity contribution in [2.45, 2.75) is 26.2 Å². The molecule has 2 aromatic heterocycles. The highest BCUT2D eigenvalue weighted by molar-refractivity contribution is 7.13. The van der Waals surface area contributed by atoms with Crippen LogP contribution in [0, 0.1) is 11.3 Å². The highest BCUT2D eigenvalue weighted by Gasteiger charge is 2.61. The number of aromatic nitrogens is 2. The Bertz CT molecular complexity index is 983. The van der Waals surface area contributed by atoms with Crippen LogP contribution < -0.4 is 10.1 Å². The second kappa shape index (κ2) is 5.77. The number of pyridine rings is 1. The average molecular weight is 365 g/mol. The predicted molar refractivity (Wildman–Crippen MR) is 102 cm³/mol. The monoisotopic (exact) mass is 365 g/mol. The number of benzene rings is 1. The standard InChI is InChI=1S/C20H19N3O2S/c1-2-25-17-6-16(18-10-21-11-26-18)23-15-4-3-13(5-14(15)17)22-19(24)20-7-12(8-20)9-20/h3-6,10-12H,2,7-9H2,1H3,(H,22,24). The van der Waals surface area contributed by atoms with Gasteiger partial charge >= 0.3 is 0 Å². The van der Waals surface area contributed by atoms with Crippen molar-refractivity contribution in [3.8, 4) is 16.3 Å². The van der Waals surface area contributed by atoms with Gasteiger partial charge in [-0.25, -0.2) is 4.98 Å². The molecule has 0 aliphatic heterocycles. The maximum atomic E-state index is 12.5. The maximum Gasteiger partial charge on any atom is 0.230 e. The number of thiazole rings is 1. The van der Waals surface area contributed by atoms with E-state index >= 15 is 0 Å². The highest BCUT2D eigenvalue weighted by Crippen LogP contribution is 2.64. The van der Waals surface area contributed by atoms with Gasteiger partial charge in [-0.15, -0.1) is 11.3 Å². The van der Waals surface area contributed by atoms with E-state index in [-0.39, 0.29) is 11.3 Å². The summed E-state index contributed by atoms with van der Waals surface area (Å²) in [5.74, 6) is 1.73. The van der Waals surface area contributed by atoms with Crippen molar-refractivity contribution < 1.29 is 9.53 Å². The van der Waals surface area contributed by atoms with Crippen molar-refractivity contribution in [3.63, 3.8) is 0 Å². The molecule has 0 radical (unpaired) electrons. The summed E-state index contributed by atoms with van der Waals surface area (Å²) >= 11 is 1.55. The SMILES string of the molecule is CCOc1cc(-c2cncs2)nc2ccc(NC(=O)C34CC(C3)C4)cc12. The van der Waals surface area contributed by atoms with Crippen LogP contribution >= 0.6 is 11.3 Å². The number of hydrogen-bond acceptors (Lipinski definition) is 5. The lowest BCUT2D eigenvalue weighted by atomic mass is 9.44. The van der Waals surface area contributed by atoms with Gasteiger partial charge in [0.1, 0.15) is 5.75 Å². The third kappa shape index (κ3) is 2.40. The minimum Gasteiger partial charge on any atom is -0.493 e. The number of rotatable bonds is 5. The van der Waals surface area contributed by atoms with Crippen LogP contribution in [0.15, 0.2) is 36.0 Å². The predicted octanol–water partition coefficient (Wildman–Crippen LogP) is 4.50. The summed E-state index contributed by atoms with van der Waals surface area (Å²) in [4.78, 5) is 22.4. The van der Waals surface area contributed by atoms with Crippen LogP contribution in [-0.4, -0.2) is 22.5 Å². The van der Waals surface area contributed by atoms with Crippen molar-refractivity contribution in [3.05, 3.63) is 36.0 Å². The molecule has 0 unspecified atom stereocenters. The van der Waals surface area contributed by atoms with E-state index in [1.54, 1.807) is 16.8 Å². The minimum atomic E-state index is -0.0867. The van der Waals surface area contributed by atoms with E-state index in [1.165, 1.54) is 0 Å². The summed E-state index contributed by atoms with van der Waals surface area (Å²) in [6.07, 6.45) is 4.97. The van der Waals surface area contributed by atoms with Crippen molar-refractivity contribution in [2.24, 2.45) is 11.3 Å². The Balaban J connectivity index is 1.51. The molecule has 3 fully saturated rings. The first-order valence-electron chi connectivity index (χ1n) is 8.95. The Labute approximate surface area is 155 Å². The molecule has 6 rings (SSSR count). The fourth-order valence-electron chi connectivity index (χ4n) is 4.04. The third-order valence-corrected chi connectivity index (χ3v) is 6.33. The topological polar surface area (TPSA) is 64.1 Å². The van der Waals surface area contributed by atoms with Crippen LogP contribution in [-0.2, 0) is 4.79 Å². The maximum absolute atomic E-state index is 12.5. The van der Waals surface area contributed by atoms with Crippen LogP contribution in [0.2, 0.25) is 0 Å². The van der Waals surface area contributed by atoms with Gasteiger partial charge in [0.2, 0.25) is 5.91 Å². The molecule has 5 nitrogen and oxygen atoms in total. The number of carbonyl (C=O) groups is 1. The van der Waals surface area contributed by atoms with Crippen LogP contribution in [0.5, 0.6) is 5.75 Å². The van der Waals surface area contributed by atoms with Crippen molar-refractivity contribution in [1.82, 2.24) is 9.97 Å². The minimum absolute atomic E-state index is 0.0867. The number of ether oxygens (including phenoxy) is 1. The Morgan fingerprint density at radius 2 is 2.19 bits per heavy atom. The Morgan fingerprint density at radius 1 is 1.35 bits per heavy atom. The number of carbonyl (C=O) groups excluding carboxylic acids is 1. The molecule has 1 N–H and O–H groups in total. The van der Waals surface area contributed by atoms with Crippen LogP contribution in [0.3, 0.4) is 0 Å². The fraction of sp³-hybridized carbons (Fsp3) is 0.350. The molecule has 6 heteroatoms. The highest BCUT2D eigenvalue weighted by atomic mass is 32.1. The first kappa shape index (κ1) is 15.8. The number of nitrogens with one attached hydrogen (secondary N) is 1. The molecule has 3 aromatic rings. The number of anilines is 1. The summed E-state index contributed by atoms with van der Waals surface area (Å²) in [5.41, 5.74) is 4.22. The first-order valence-corrected chi connectivity index (χ1v) is 9.83. The molecule has 0 spiro atoms. The van der Waals surface area contributed by atoms with Crippen LogP contribution in [0.25, 0.3) is 21.5 Å². The molecule has 0 atom stereocenters. The Morgan fingerprint density at radius 3 is 2.85 bits per heavy atom. The van der Waals surface area contributed by atoms with Crippen LogP contribution in [0.1, 0.15) is 26.2 Å². The third-order valence-electron chi connectivity index (χ3n) is 5.53. The molecule has 2 bridgehead atoms. The zero-order valence-corrected chi connectivity index (χ0v) is 15.3. The zero-order chi connectivity index (χ0) is 17.7. The molecule has 1 aromatic carbocycles. The fourth-order valence-corrected chi connectivity index (χ4v) is 4.62. The molecule has 1 amide bonds. The van der Waals surface area contributed by atoms with E-state index in [2.05, 4.69) is 10.3 Å². The van der Waals surface area contributed by atoms with E-state index in [0.717, 1.165) is 58.1 Å². The summed E-state index contributed by atoms with van der Waals surface area (Å²) in [6.45, 7) is 2.54. The van der Waals surface area contributed by atoms with E-state index in [9.17, 15) is 4.79 Å². The summed E-state index contributed by atoms with van der Waals surface area (Å²) in [7, 11) is 0. The van der Waals surface area contributed by atoms with Gasteiger partial charge in [-0.1, -0.05) is 0 Å². The van der Waals surface area contributed by atoms with E-state index in [4.69, 9.17) is 9.72 Å². The van der Waals surface area contributed by atoms with Gasteiger partial charge in [-0.2, -0.15) is 0 Å². The summed E-state index contributed by atoms with van der Waals surface area (Å²) in [6, 6.07) is 7.78. The molecule has 132 valence electrons. The van der Waals surface area contributed by atoms with Gasteiger partial charge in [0.15, 0.2) is 0 Å². The van der Waals surface area contributed by atoms with Gasteiger partial charge in [0, 0.05) is 23.3 Å². The zero-order valence-electron chi connectivity index (χ0n) is 14.5. The van der Waals surface area contributed by atoms with E-state index in [0.29, 0.717) is 6.61 Å². The summed E-state index contributed by atoms with van der Waals surface area (Å²) < 4.78 is 5.86. The number of hydrogen-bond donors (Lipinski definition) is 1. The largest absolute Gasteiger partial charge is 0.493 e. The smallest absolute Gasteiger partial charge is 0.230 e. The van der Waals surface area contributed by atoms with Crippen LogP contribution in [0.4, 0.5) is 5.69 Å². The lowest BCUT2D eigenvalue weighted by Crippen LogP contribution is -2.58. The summed E-state index contributed by atoms with van der Waals surface area (Å²) in [5, 5.41) is 4.01. The molecule has 3 aliphatic rings. The molecule has 2 heterocycles. The molecule has 3 saturated carbocycles. The van der Waals surface area contributed by atoms with Gasteiger partial charge in [-0.05, 0) is 50.3 Å². The van der Waals surface area contributed by atoms with Gasteiger partial charge in [0.05, 0.1) is 33.6 Å². The first-order chi connectivity index (χ1) is 12.7. The molecular formula is C20H19N3O2S. The second-order valence-electron chi connectivity index (χ2n) is 7.25. The number of amides is 1. The lowest BCUT2D eigenvalue weighted by Gasteiger charge is -2.60. The quantitative estimate of drug-likeness (QED) is 0.723. The number of fused-ring (bicyclic) bond motifs is 1. The van der Waals surface area contributed by atoms with Gasteiger partial charge < -0.3 is 10.1 Å². The van der Waals surface area contributed by atoms with Crippen molar-refractivity contribution >= 4 is 33.8 Å². The second-order valence-corrected chi connectivity index (χ2v) is 8.14.